The van der Waals surface area contributed by atoms with Crippen molar-refractivity contribution in [1.29, 1.82) is 0 Å². The largest absolute Gasteiger partial charge is 0.479 e. The Labute approximate surface area is 101 Å². The molecule has 0 bridgehead atoms. The number of methoxy groups -OCH3 is 1. The van der Waals surface area contributed by atoms with E-state index in [-0.39, 0.29) is 0 Å². The minimum absolute atomic E-state index is 0.553. The quantitative estimate of drug-likeness (QED) is 0.804. The van der Waals surface area contributed by atoms with E-state index in [1.54, 1.807) is 19.5 Å². The molecule has 0 spiro atoms. The zero-order valence-electron chi connectivity index (χ0n) is 9.71. The molecular formula is C14H14N2O. The molecule has 0 radical (unpaired) electrons. The van der Waals surface area contributed by atoms with Gasteiger partial charge in [0.1, 0.15) is 5.69 Å². The number of hydrogen-bond acceptors (Lipinski definition) is 3. The molecule has 17 heavy (non-hydrogen) atoms. The van der Waals surface area contributed by atoms with Crippen LogP contribution in [0.1, 0.15) is 11.3 Å². The van der Waals surface area contributed by atoms with Crippen LogP contribution in [-0.4, -0.2) is 17.1 Å². The molecule has 0 aliphatic rings. The molecule has 86 valence electrons. The zero-order chi connectivity index (χ0) is 11.9. The van der Waals surface area contributed by atoms with Crippen molar-refractivity contribution in [3.63, 3.8) is 0 Å². The normalized spacial score (nSPS) is 10.6. The van der Waals surface area contributed by atoms with Gasteiger partial charge in [0.2, 0.25) is 5.88 Å². The Kier molecular flexibility index (Phi) is 3.86. The second-order valence-electron chi connectivity index (χ2n) is 3.54. The molecule has 0 saturated carbocycles. The third kappa shape index (κ3) is 3.14. The number of aromatic nitrogens is 2. The lowest BCUT2D eigenvalue weighted by molar-refractivity contribution is 0.394. The summed E-state index contributed by atoms with van der Waals surface area (Å²) < 4.78 is 5.12. The Morgan fingerprint density at radius 1 is 1.12 bits per heavy atom. The van der Waals surface area contributed by atoms with Crippen molar-refractivity contribution in [3.05, 3.63) is 60.1 Å². The molecule has 2 rings (SSSR count). The average molecular weight is 226 g/mol. The topological polar surface area (TPSA) is 35.0 Å². The zero-order valence-corrected chi connectivity index (χ0v) is 9.71. The Morgan fingerprint density at radius 2 is 1.88 bits per heavy atom. The van der Waals surface area contributed by atoms with Crippen LogP contribution >= 0.6 is 0 Å². The first-order valence-corrected chi connectivity index (χ1v) is 5.45. The lowest BCUT2D eigenvalue weighted by Gasteiger charge is -2.00. The van der Waals surface area contributed by atoms with Gasteiger partial charge in [-0.3, -0.25) is 0 Å². The molecular weight excluding hydrogens is 212 g/mol. The highest BCUT2D eigenvalue weighted by molar-refractivity contribution is 5.50. The Hall–Kier alpha value is -2.16. The van der Waals surface area contributed by atoms with Crippen LogP contribution in [0.4, 0.5) is 0 Å². The molecule has 3 heteroatoms. The Balaban J connectivity index is 2.06. The van der Waals surface area contributed by atoms with Crippen LogP contribution in [0.2, 0.25) is 0 Å². The highest BCUT2D eigenvalue weighted by Gasteiger charge is 1.99. The summed E-state index contributed by atoms with van der Waals surface area (Å²) in [5.41, 5.74) is 2.03. The van der Waals surface area contributed by atoms with E-state index < -0.39 is 0 Å². The molecule has 3 nitrogen and oxygen atoms in total. The highest BCUT2D eigenvalue weighted by Crippen LogP contribution is 2.12. The molecule has 0 fully saturated rings. The van der Waals surface area contributed by atoms with Gasteiger partial charge in [-0.25, -0.2) is 9.97 Å². The highest BCUT2D eigenvalue weighted by atomic mass is 16.5. The van der Waals surface area contributed by atoms with E-state index in [1.165, 1.54) is 5.56 Å². The maximum absolute atomic E-state index is 5.12. The van der Waals surface area contributed by atoms with E-state index in [1.807, 2.05) is 24.3 Å². The first-order valence-electron chi connectivity index (χ1n) is 5.45. The summed E-state index contributed by atoms with van der Waals surface area (Å²) in [6.07, 6.45) is 8.14. The average Bonchev–Trinajstić information content (AvgIpc) is 2.40. The summed E-state index contributed by atoms with van der Waals surface area (Å²) in [6.45, 7) is 0. The van der Waals surface area contributed by atoms with Gasteiger partial charge >= 0.3 is 0 Å². The number of rotatable bonds is 4. The Morgan fingerprint density at radius 3 is 2.65 bits per heavy atom. The third-order valence-corrected chi connectivity index (χ3v) is 2.36. The second kappa shape index (κ2) is 5.80. The van der Waals surface area contributed by atoms with Gasteiger partial charge in [-0.15, -0.1) is 0 Å². The molecule has 1 aromatic carbocycles. The standard InChI is InChI=1S/C14H14N2O/c1-17-14-13(15-10-11-16-14)9-5-8-12-6-3-2-4-7-12/h2-7,9-11H,8H2,1H3. The minimum Gasteiger partial charge on any atom is -0.479 e. The van der Waals surface area contributed by atoms with Crippen LogP contribution in [0, 0.1) is 0 Å². The van der Waals surface area contributed by atoms with Crippen molar-refractivity contribution < 1.29 is 4.74 Å². The predicted octanol–water partition coefficient (Wildman–Crippen LogP) is 2.74. The summed E-state index contributed by atoms with van der Waals surface area (Å²) in [5, 5.41) is 0. The Bertz CT molecular complexity index is 495. The summed E-state index contributed by atoms with van der Waals surface area (Å²) in [4.78, 5) is 8.29. The fourth-order valence-electron chi connectivity index (χ4n) is 1.53. The maximum atomic E-state index is 5.12. The maximum Gasteiger partial charge on any atom is 0.239 e. The molecule has 2 aromatic rings. The fraction of sp³-hybridized carbons (Fsp3) is 0.143. The lowest BCUT2D eigenvalue weighted by atomic mass is 10.1. The van der Waals surface area contributed by atoms with E-state index in [0.717, 1.165) is 12.1 Å². The van der Waals surface area contributed by atoms with Gasteiger partial charge in [-0.1, -0.05) is 36.4 Å². The molecule has 0 saturated heterocycles. The van der Waals surface area contributed by atoms with E-state index in [4.69, 9.17) is 4.74 Å². The lowest BCUT2D eigenvalue weighted by Crippen LogP contribution is -1.92. The monoisotopic (exact) mass is 226 g/mol. The molecule has 0 N–H and O–H groups in total. The van der Waals surface area contributed by atoms with Crippen LogP contribution in [0.3, 0.4) is 0 Å². The molecule has 0 atom stereocenters. The molecule has 0 aliphatic carbocycles. The summed E-state index contributed by atoms with van der Waals surface area (Å²) in [5.74, 6) is 0.553. The van der Waals surface area contributed by atoms with Crippen LogP contribution in [0.25, 0.3) is 6.08 Å². The number of allylic oxidation sites excluding steroid dienone is 1. The van der Waals surface area contributed by atoms with Gasteiger partial charge in [0.25, 0.3) is 0 Å². The van der Waals surface area contributed by atoms with Crippen molar-refractivity contribution in [2.75, 3.05) is 7.11 Å². The van der Waals surface area contributed by atoms with Gasteiger partial charge in [0.05, 0.1) is 7.11 Å². The van der Waals surface area contributed by atoms with Crippen LogP contribution in [-0.2, 0) is 6.42 Å². The number of ether oxygens (including phenoxy) is 1. The third-order valence-electron chi connectivity index (χ3n) is 2.36. The second-order valence-corrected chi connectivity index (χ2v) is 3.54. The SMILES string of the molecule is COc1nccnc1C=CCc1ccccc1. The van der Waals surface area contributed by atoms with Crippen molar-refractivity contribution in [2.24, 2.45) is 0 Å². The van der Waals surface area contributed by atoms with Crippen LogP contribution in [0.5, 0.6) is 5.88 Å². The fourth-order valence-corrected chi connectivity index (χ4v) is 1.53. The molecule has 0 aliphatic heterocycles. The van der Waals surface area contributed by atoms with Gasteiger partial charge in [-0.05, 0) is 18.1 Å². The number of hydrogen-bond donors (Lipinski definition) is 0. The van der Waals surface area contributed by atoms with E-state index >= 15 is 0 Å². The summed E-state index contributed by atoms with van der Waals surface area (Å²) in [6, 6.07) is 10.3. The number of nitrogens with zero attached hydrogens (tertiary/aromatic N) is 2. The van der Waals surface area contributed by atoms with Crippen LogP contribution < -0.4 is 4.74 Å². The van der Waals surface area contributed by atoms with E-state index in [0.29, 0.717) is 5.88 Å². The predicted molar refractivity (Wildman–Crippen MR) is 67.8 cm³/mol. The summed E-state index contributed by atoms with van der Waals surface area (Å²) in [7, 11) is 1.60. The molecule has 1 aromatic heterocycles. The van der Waals surface area contributed by atoms with E-state index in [9.17, 15) is 0 Å². The first-order chi connectivity index (χ1) is 8.40. The molecule has 0 unspecified atom stereocenters. The molecule has 1 heterocycles. The van der Waals surface area contributed by atoms with Crippen molar-refractivity contribution in [1.82, 2.24) is 9.97 Å². The van der Waals surface area contributed by atoms with Gasteiger partial charge in [-0.2, -0.15) is 0 Å². The van der Waals surface area contributed by atoms with Gasteiger partial charge < -0.3 is 4.74 Å². The van der Waals surface area contributed by atoms with Gasteiger partial charge in [0.15, 0.2) is 0 Å². The first kappa shape index (κ1) is 11.3. The van der Waals surface area contributed by atoms with Crippen LogP contribution in [0.15, 0.2) is 48.8 Å². The molecule has 0 amide bonds. The van der Waals surface area contributed by atoms with Crippen molar-refractivity contribution >= 4 is 6.08 Å². The van der Waals surface area contributed by atoms with Crippen molar-refractivity contribution in [3.8, 4) is 5.88 Å². The minimum atomic E-state index is 0.553. The van der Waals surface area contributed by atoms with Gasteiger partial charge in [0, 0.05) is 12.4 Å². The smallest absolute Gasteiger partial charge is 0.239 e. The summed E-state index contributed by atoms with van der Waals surface area (Å²) >= 11 is 0. The number of benzene rings is 1. The van der Waals surface area contributed by atoms with Crippen molar-refractivity contribution in [2.45, 2.75) is 6.42 Å². The van der Waals surface area contributed by atoms with E-state index in [2.05, 4.69) is 28.2 Å².